The summed E-state index contributed by atoms with van der Waals surface area (Å²) >= 11 is 0. The van der Waals surface area contributed by atoms with Crippen LogP contribution in [0.15, 0.2) is 6.07 Å². The van der Waals surface area contributed by atoms with Gasteiger partial charge < -0.3 is 5.32 Å². The Morgan fingerprint density at radius 1 is 1.29 bits per heavy atom. The number of amides is 1. The van der Waals surface area contributed by atoms with Crippen LogP contribution in [0.1, 0.15) is 75.0 Å². The highest BCUT2D eigenvalue weighted by molar-refractivity contribution is 5.92. The van der Waals surface area contributed by atoms with E-state index in [1.807, 2.05) is 13.1 Å². The number of hydrogen-bond acceptors (Lipinski definition) is 2. The van der Waals surface area contributed by atoms with Crippen molar-refractivity contribution >= 4 is 5.91 Å². The van der Waals surface area contributed by atoms with E-state index >= 15 is 0 Å². The molecule has 5 rings (SSSR count). The van der Waals surface area contributed by atoms with Crippen molar-refractivity contribution in [2.75, 3.05) is 0 Å². The van der Waals surface area contributed by atoms with Crippen molar-refractivity contribution in [3.05, 3.63) is 17.5 Å². The van der Waals surface area contributed by atoms with Crippen LogP contribution in [0.2, 0.25) is 0 Å². The molecule has 0 aromatic carbocycles. The summed E-state index contributed by atoms with van der Waals surface area (Å²) in [6.07, 6.45) is 10.3. The molecule has 1 heterocycles. The molecule has 1 N–H and O–H groups in total. The number of aryl methyl sites for hydroxylation is 2. The zero-order valence-electron chi connectivity index (χ0n) is 15.3. The molecular formula is C20H31N3O. The van der Waals surface area contributed by atoms with E-state index < -0.39 is 0 Å². The summed E-state index contributed by atoms with van der Waals surface area (Å²) < 4.78 is 1.74. The molecule has 0 aliphatic heterocycles. The number of carbonyl (C=O) groups is 1. The molecule has 4 fully saturated rings. The van der Waals surface area contributed by atoms with Crippen molar-refractivity contribution in [1.29, 1.82) is 0 Å². The standard InChI is InChI=1S/C20H31N3O/c1-4-5-17-9-18(23(3)22-17)19(24)21-13(2)20-10-14-6-15(11-20)8-16(7-14)12-20/h9,13-16H,4-8,10-12H2,1-3H3,(H,21,24). The zero-order valence-corrected chi connectivity index (χ0v) is 15.3. The van der Waals surface area contributed by atoms with Gasteiger partial charge in [-0.2, -0.15) is 5.10 Å². The first-order valence-corrected chi connectivity index (χ1v) is 9.83. The molecule has 24 heavy (non-hydrogen) atoms. The minimum atomic E-state index is 0.0515. The second-order valence-electron chi connectivity index (χ2n) is 8.87. The Bertz CT molecular complexity index is 598. The zero-order chi connectivity index (χ0) is 16.9. The number of hydrogen-bond donors (Lipinski definition) is 1. The second kappa shape index (κ2) is 5.89. The van der Waals surface area contributed by atoms with Crippen LogP contribution >= 0.6 is 0 Å². The lowest BCUT2D eigenvalue weighted by Crippen LogP contribution is -2.55. The lowest BCUT2D eigenvalue weighted by Gasteiger charge is -2.59. The maximum absolute atomic E-state index is 12.8. The fourth-order valence-corrected chi connectivity index (χ4v) is 6.25. The first kappa shape index (κ1) is 16.2. The van der Waals surface area contributed by atoms with Crippen LogP contribution in [0.3, 0.4) is 0 Å². The molecule has 1 amide bonds. The Morgan fingerprint density at radius 3 is 2.42 bits per heavy atom. The average molecular weight is 329 g/mol. The highest BCUT2D eigenvalue weighted by Gasteiger charge is 2.53. The molecule has 132 valence electrons. The van der Waals surface area contributed by atoms with Crippen molar-refractivity contribution in [1.82, 2.24) is 15.1 Å². The summed E-state index contributed by atoms with van der Waals surface area (Å²) in [6.45, 7) is 4.39. The molecule has 0 radical (unpaired) electrons. The van der Waals surface area contributed by atoms with Gasteiger partial charge in [-0.05, 0) is 81.1 Å². The van der Waals surface area contributed by atoms with Crippen molar-refractivity contribution in [2.45, 2.75) is 71.3 Å². The first-order valence-electron chi connectivity index (χ1n) is 9.83. The van der Waals surface area contributed by atoms with E-state index in [0.29, 0.717) is 11.1 Å². The molecule has 1 aromatic heterocycles. The normalized spacial score (nSPS) is 35.2. The topological polar surface area (TPSA) is 46.9 Å². The third-order valence-corrected chi connectivity index (χ3v) is 7.02. The predicted molar refractivity (Wildman–Crippen MR) is 94.7 cm³/mol. The Labute approximate surface area is 145 Å². The highest BCUT2D eigenvalue weighted by Crippen LogP contribution is 2.61. The van der Waals surface area contributed by atoms with Gasteiger partial charge in [0.25, 0.3) is 5.91 Å². The van der Waals surface area contributed by atoms with Crippen LogP contribution in [0.4, 0.5) is 0 Å². The third kappa shape index (κ3) is 2.68. The molecule has 1 atom stereocenters. The minimum Gasteiger partial charge on any atom is -0.348 e. The van der Waals surface area contributed by atoms with Crippen molar-refractivity contribution < 1.29 is 4.79 Å². The molecule has 4 bridgehead atoms. The van der Waals surface area contributed by atoms with Crippen molar-refractivity contribution in [2.24, 2.45) is 30.2 Å². The lowest BCUT2D eigenvalue weighted by molar-refractivity contribution is -0.0688. The quantitative estimate of drug-likeness (QED) is 0.895. The van der Waals surface area contributed by atoms with Crippen LogP contribution in [-0.4, -0.2) is 21.7 Å². The maximum Gasteiger partial charge on any atom is 0.269 e. The van der Waals surface area contributed by atoms with Crippen LogP contribution in [-0.2, 0) is 13.5 Å². The van der Waals surface area contributed by atoms with E-state index in [1.54, 1.807) is 4.68 Å². The number of rotatable bonds is 5. The fraction of sp³-hybridized carbons (Fsp3) is 0.800. The minimum absolute atomic E-state index is 0.0515. The summed E-state index contributed by atoms with van der Waals surface area (Å²) in [7, 11) is 1.88. The predicted octanol–water partition coefficient (Wildman–Crippen LogP) is 3.71. The molecule has 4 heteroatoms. The smallest absolute Gasteiger partial charge is 0.269 e. The number of nitrogens with zero attached hydrogens (tertiary/aromatic N) is 2. The molecular weight excluding hydrogens is 298 g/mol. The van der Waals surface area contributed by atoms with E-state index in [-0.39, 0.29) is 11.9 Å². The van der Waals surface area contributed by atoms with Gasteiger partial charge >= 0.3 is 0 Å². The number of nitrogens with one attached hydrogen (secondary N) is 1. The molecule has 4 aliphatic carbocycles. The van der Waals surface area contributed by atoms with Gasteiger partial charge in [0.15, 0.2) is 0 Å². The van der Waals surface area contributed by atoms with Crippen molar-refractivity contribution in [3.8, 4) is 0 Å². The van der Waals surface area contributed by atoms with Gasteiger partial charge in [-0.3, -0.25) is 9.48 Å². The van der Waals surface area contributed by atoms with Gasteiger partial charge in [0.2, 0.25) is 0 Å². The van der Waals surface area contributed by atoms with E-state index in [4.69, 9.17) is 0 Å². The Kier molecular flexibility index (Phi) is 3.97. The molecule has 0 spiro atoms. The van der Waals surface area contributed by atoms with E-state index in [9.17, 15) is 4.79 Å². The van der Waals surface area contributed by atoms with Gasteiger partial charge in [0.05, 0.1) is 5.69 Å². The molecule has 1 unspecified atom stereocenters. The monoisotopic (exact) mass is 329 g/mol. The Morgan fingerprint density at radius 2 is 1.88 bits per heavy atom. The summed E-state index contributed by atoms with van der Waals surface area (Å²) in [4.78, 5) is 12.8. The summed E-state index contributed by atoms with van der Waals surface area (Å²) in [5.74, 6) is 2.81. The van der Waals surface area contributed by atoms with Crippen LogP contribution in [0.5, 0.6) is 0 Å². The summed E-state index contributed by atoms with van der Waals surface area (Å²) in [6, 6.07) is 2.23. The average Bonchev–Trinajstić information content (AvgIpc) is 2.87. The van der Waals surface area contributed by atoms with Gasteiger partial charge in [0, 0.05) is 13.1 Å². The van der Waals surface area contributed by atoms with Crippen molar-refractivity contribution in [3.63, 3.8) is 0 Å². The Balaban J connectivity index is 1.48. The van der Waals surface area contributed by atoms with Crippen LogP contribution in [0.25, 0.3) is 0 Å². The molecule has 4 nitrogen and oxygen atoms in total. The van der Waals surface area contributed by atoms with E-state index in [0.717, 1.165) is 36.3 Å². The first-order chi connectivity index (χ1) is 11.5. The molecule has 1 aromatic rings. The van der Waals surface area contributed by atoms with Gasteiger partial charge in [0.1, 0.15) is 5.69 Å². The molecule has 4 aliphatic rings. The number of aromatic nitrogens is 2. The van der Waals surface area contributed by atoms with Crippen LogP contribution < -0.4 is 5.32 Å². The van der Waals surface area contributed by atoms with Gasteiger partial charge in [-0.15, -0.1) is 0 Å². The van der Waals surface area contributed by atoms with Gasteiger partial charge in [-0.25, -0.2) is 0 Å². The Hall–Kier alpha value is -1.32. The SMILES string of the molecule is CCCc1cc(C(=O)NC(C)C23CC4CC(CC(C4)C2)C3)n(C)n1. The summed E-state index contributed by atoms with van der Waals surface area (Å²) in [5, 5.41) is 7.83. The molecule has 4 saturated carbocycles. The maximum atomic E-state index is 12.8. The lowest BCUT2D eigenvalue weighted by atomic mass is 9.48. The van der Waals surface area contributed by atoms with Gasteiger partial charge in [-0.1, -0.05) is 13.3 Å². The number of carbonyl (C=O) groups excluding carboxylic acids is 1. The third-order valence-electron chi connectivity index (χ3n) is 7.02. The van der Waals surface area contributed by atoms with E-state index in [1.165, 1.54) is 38.5 Å². The highest BCUT2D eigenvalue weighted by atomic mass is 16.2. The van der Waals surface area contributed by atoms with E-state index in [2.05, 4.69) is 24.3 Å². The largest absolute Gasteiger partial charge is 0.348 e. The summed E-state index contributed by atoms with van der Waals surface area (Å²) in [5.41, 5.74) is 2.08. The fourth-order valence-electron chi connectivity index (χ4n) is 6.25. The van der Waals surface area contributed by atoms with Crippen LogP contribution in [0, 0.1) is 23.2 Å². The second-order valence-corrected chi connectivity index (χ2v) is 8.87. The molecule has 0 saturated heterocycles.